The Balaban J connectivity index is 1.91. The second kappa shape index (κ2) is 4.41. The molecule has 90 valence electrons. The number of hydrogen-bond acceptors (Lipinski definition) is 3. The molecule has 2 fully saturated rings. The maximum Gasteiger partial charge on any atom is 0.308 e. The first kappa shape index (κ1) is 11.4. The summed E-state index contributed by atoms with van der Waals surface area (Å²) in [5, 5.41) is 8.86. The van der Waals surface area contributed by atoms with E-state index in [2.05, 4.69) is 0 Å². The average molecular weight is 227 g/mol. The molecule has 2 aliphatic rings. The lowest BCUT2D eigenvalue weighted by Crippen LogP contribution is -2.34. The molecule has 1 amide bonds. The third-order valence-corrected chi connectivity index (χ3v) is 3.55. The van der Waals surface area contributed by atoms with Crippen LogP contribution in [-0.4, -0.2) is 47.7 Å². The maximum atomic E-state index is 11.6. The summed E-state index contributed by atoms with van der Waals surface area (Å²) in [6, 6.07) is 0. The molecule has 0 aromatic heterocycles. The van der Waals surface area contributed by atoms with Crippen molar-refractivity contribution in [3.63, 3.8) is 0 Å². The average Bonchev–Trinajstić information content (AvgIpc) is 2.76. The fourth-order valence-electron chi connectivity index (χ4n) is 2.41. The molecule has 0 aliphatic carbocycles. The van der Waals surface area contributed by atoms with Crippen LogP contribution in [0.3, 0.4) is 0 Å². The molecular weight excluding hydrogens is 210 g/mol. The number of ether oxygens (including phenoxy) is 1. The number of rotatable bonds is 3. The molecule has 2 aliphatic heterocycles. The van der Waals surface area contributed by atoms with E-state index in [4.69, 9.17) is 9.84 Å². The van der Waals surface area contributed by atoms with Gasteiger partial charge in [-0.05, 0) is 13.3 Å². The lowest BCUT2D eigenvalue weighted by Gasteiger charge is -2.22. The summed E-state index contributed by atoms with van der Waals surface area (Å²) in [4.78, 5) is 24.1. The van der Waals surface area contributed by atoms with Crippen LogP contribution in [0.4, 0.5) is 0 Å². The smallest absolute Gasteiger partial charge is 0.308 e. The van der Waals surface area contributed by atoms with E-state index in [-0.39, 0.29) is 18.4 Å². The third-order valence-electron chi connectivity index (χ3n) is 3.55. The first-order chi connectivity index (χ1) is 7.58. The van der Waals surface area contributed by atoms with Crippen molar-refractivity contribution >= 4 is 11.9 Å². The predicted octanol–water partition coefficient (Wildman–Crippen LogP) is 0.344. The standard InChI is InChI=1S/C11H17NO4/c1-7-8(2-3-16-7)5-12-6-9(11(14)15)4-10(12)13/h7-9H,2-6H2,1H3,(H,14,15). The molecule has 1 N–H and O–H groups in total. The van der Waals surface area contributed by atoms with Crippen molar-refractivity contribution in [1.29, 1.82) is 0 Å². The van der Waals surface area contributed by atoms with Gasteiger partial charge < -0.3 is 14.7 Å². The quantitative estimate of drug-likeness (QED) is 0.755. The molecule has 3 atom stereocenters. The van der Waals surface area contributed by atoms with Gasteiger partial charge in [-0.2, -0.15) is 0 Å². The minimum absolute atomic E-state index is 0.0356. The molecule has 2 saturated heterocycles. The number of carbonyl (C=O) groups excluding carboxylic acids is 1. The number of carboxylic acids is 1. The molecule has 0 bridgehead atoms. The summed E-state index contributed by atoms with van der Waals surface area (Å²) in [7, 11) is 0. The molecular formula is C11H17NO4. The van der Waals surface area contributed by atoms with Crippen molar-refractivity contribution in [1.82, 2.24) is 4.90 Å². The Labute approximate surface area is 94.4 Å². The molecule has 16 heavy (non-hydrogen) atoms. The largest absolute Gasteiger partial charge is 0.481 e. The Bertz CT molecular complexity index is 304. The van der Waals surface area contributed by atoms with Crippen molar-refractivity contribution in [2.24, 2.45) is 11.8 Å². The number of carboxylic acid groups (broad SMARTS) is 1. The van der Waals surface area contributed by atoms with Crippen molar-refractivity contribution in [2.75, 3.05) is 19.7 Å². The minimum Gasteiger partial charge on any atom is -0.481 e. The van der Waals surface area contributed by atoms with Crippen LogP contribution in [0.15, 0.2) is 0 Å². The Kier molecular flexibility index (Phi) is 3.14. The van der Waals surface area contributed by atoms with Crippen molar-refractivity contribution in [2.45, 2.75) is 25.9 Å². The maximum absolute atomic E-state index is 11.6. The van der Waals surface area contributed by atoms with Gasteiger partial charge in [0.25, 0.3) is 0 Å². The molecule has 0 aromatic rings. The lowest BCUT2D eigenvalue weighted by molar-refractivity contribution is -0.141. The highest BCUT2D eigenvalue weighted by Crippen LogP contribution is 2.25. The summed E-state index contributed by atoms with van der Waals surface area (Å²) >= 11 is 0. The SMILES string of the molecule is CC1OCCC1CN1CC(C(=O)O)CC1=O. The second-order valence-corrected chi connectivity index (χ2v) is 4.66. The van der Waals surface area contributed by atoms with Gasteiger partial charge in [0.1, 0.15) is 0 Å². The van der Waals surface area contributed by atoms with E-state index in [1.54, 1.807) is 4.90 Å². The van der Waals surface area contributed by atoms with Crippen LogP contribution in [-0.2, 0) is 14.3 Å². The fraction of sp³-hybridized carbons (Fsp3) is 0.818. The Morgan fingerprint density at radius 3 is 2.88 bits per heavy atom. The monoisotopic (exact) mass is 227 g/mol. The van der Waals surface area contributed by atoms with Crippen LogP contribution in [0.25, 0.3) is 0 Å². The highest BCUT2D eigenvalue weighted by molar-refractivity contribution is 5.86. The van der Waals surface area contributed by atoms with Gasteiger partial charge in [0.15, 0.2) is 0 Å². The zero-order valence-corrected chi connectivity index (χ0v) is 9.39. The number of carbonyl (C=O) groups is 2. The number of hydrogen-bond donors (Lipinski definition) is 1. The van der Waals surface area contributed by atoms with E-state index in [0.717, 1.165) is 13.0 Å². The zero-order chi connectivity index (χ0) is 11.7. The summed E-state index contributed by atoms with van der Waals surface area (Å²) in [6.45, 7) is 3.75. The normalized spacial score (nSPS) is 34.7. The number of amides is 1. The zero-order valence-electron chi connectivity index (χ0n) is 9.39. The topological polar surface area (TPSA) is 66.8 Å². The minimum atomic E-state index is -0.869. The second-order valence-electron chi connectivity index (χ2n) is 4.66. The van der Waals surface area contributed by atoms with Gasteiger partial charge in [0.05, 0.1) is 12.0 Å². The van der Waals surface area contributed by atoms with Crippen LogP contribution in [0.5, 0.6) is 0 Å². The van der Waals surface area contributed by atoms with Crippen LogP contribution in [0.1, 0.15) is 19.8 Å². The van der Waals surface area contributed by atoms with Crippen LogP contribution < -0.4 is 0 Å². The van der Waals surface area contributed by atoms with Crippen molar-refractivity contribution in [3.8, 4) is 0 Å². The third kappa shape index (κ3) is 2.19. The molecule has 0 radical (unpaired) electrons. The Morgan fingerprint density at radius 1 is 1.62 bits per heavy atom. The van der Waals surface area contributed by atoms with E-state index in [0.29, 0.717) is 19.0 Å². The first-order valence-electron chi connectivity index (χ1n) is 5.70. The Hall–Kier alpha value is -1.10. The van der Waals surface area contributed by atoms with Crippen LogP contribution >= 0.6 is 0 Å². The van der Waals surface area contributed by atoms with Crippen LogP contribution in [0.2, 0.25) is 0 Å². The molecule has 2 rings (SSSR count). The van der Waals surface area contributed by atoms with Crippen molar-refractivity contribution in [3.05, 3.63) is 0 Å². The lowest BCUT2D eigenvalue weighted by atomic mass is 10.0. The summed E-state index contributed by atoms with van der Waals surface area (Å²) < 4.78 is 5.43. The van der Waals surface area contributed by atoms with Gasteiger partial charge in [-0.3, -0.25) is 9.59 Å². The van der Waals surface area contributed by atoms with Crippen LogP contribution in [0, 0.1) is 11.8 Å². The van der Waals surface area contributed by atoms with E-state index in [1.165, 1.54) is 0 Å². The van der Waals surface area contributed by atoms with Crippen molar-refractivity contribution < 1.29 is 19.4 Å². The molecule has 0 spiro atoms. The van der Waals surface area contributed by atoms with E-state index < -0.39 is 11.9 Å². The molecule has 0 saturated carbocycles. The molecule has 5 nitrogen and oxygen atoms in total. The van der Waals surface area contributed by atoms with E-state index in [9.17, 15) is 9.59 Å². The number of nitrogens with zero attached hydrogens (tertiary/aromatic N) is 1. The van der Waals surface area contributed by atoms with Gasteiger partial charge in [0.2, 0.25) is 5.91 Å². The number of likely N-dealkylation sites (tertiary alicyclic amines) is 1. The van der Waals surface area contributed by atoms with Gasteiger partial charge in [-0.1, -0.05) is 0 Å². The predicted molar refractivity (Wildman–Crippen MR) is 55.8 cm³/mol. The van der Waals surface area contributed by atoms with E-state index >= 15 is 0 Å². The number of aliphatic carboxylic acids is 1. The van der Waals surface area contributed by atoms with Gasteiger partial charge >= 0.3 is 5.97 Å². The molecule has 5 heteroatoms. The summed E-state index contributed by atoms with van der Waals surface area (Å²) in [5.74, 6) is -1.07. The summed E-state index contributed by atoms with van der Waals surface area (Å²) in [6.07, 6.45) is 1.29. The molecule has 0 aromatic carbocycles. The summed E-state index contributed by atoms with van der Waals surface area (Å²) in [5.41, 5.74) is 0. The molecule has 2 heterocycles. The fourth-order valence-corrected chi connectivity index (χ4v) is 2.41. The molecule has 3 unspecified atom stereocenters. The highest BCUT2D eigenvalue weighted by atomic mass is 16.5. The highest BCUT2D eigenvalue weighted by Gasteiger charge is 2.37. The Morgan fingerprint density at radius 2 is 2.38 bits per heavy atom. The van der Waals surface area contributed by atoms with Gasteiger partial charge in [-0.25, -0.2) is 0 Å². The van der Waals surface area contributed by atoms with Gasteiger partial charge in [0, 0.05) is 32.0 Å². The first-order valence-corrected chi connectivity index (χ1v) is 5.70. The van der Waals surface area contributed by atoms with E-state index in [1.807, 2.05) is 6.92 Å². The van der Waals surface area contributed by atoms with Gasteiger partial charge in [-0.15, -0.1) is 0 Å².